The van der Waals surface area contributed by atoms with Crippen LogP contribution in [0.3, 0.4) is 0 Å². The van der Waals surface area contributed by atoms with Crippen LogP contribution in [0.15, 0.2) is 48.5 Å². The number of unbranched alkanes of at least 4 members (excludes halogenated alkanes) is 4. The first-order valence-electron chi connectivity index (χ1n) is 14.5. The van der Waals surface area contributed by atoms with Gasteiger partial charge in [-0.25, -0.2) is 0 Å². The topological polar surface area (TPSA) is 15.7 Å². The lowest BCUT2D eigenvalue weighted by atomic mass is 10.00. The molecular weight excluding hydrogens is 428 g/mol. The summed E-state index contributed by atoms with van der Waals surface area (Å²) in [5.41, 5.74) is 5.14. The van der Waals surface area contributed by atoms with E-state index in [1.165, 1.54) is 73.9 Å². The molecule has 2 aromatic carbocycles. The highest BCUT2D eigenvalue weighted by Gasteiger charge is 2.16. The third kappa shape index (κ3) is 9.88. The van der Waals surface area contributed by atoms with E-state index in [1.54, 1.807) is 0 Å². The fourth-order valence-electron chi connectivity index (χ4n) is 4.83. The predicted octanol–water partition coefficient (Wildman–Crippen LogP) is 9.02. The first-order valence-corrected chi connectivity index (χ1v) is 14.5. The fourth-order valence-corrected chi connectivity index (χ4v) is 4.83. The van der Waals surface area contributed by atoms with Crippen molar-refractivity contribution in [1.29, 1.82) is 0 Å². The Morgan fingerprint density at radius 2 is 0.914 bits per heavy atom. The van der Waals surface area contributed by atoms with Crippen LogP contribution in [0.4, 0.5) is 11.4 Å². The molecular formula is C32H52N2O. The highest BCUT2D eigenvalue weighted by molar-refractivity contribution is 5.51. The van der Waals surface area contributed by atoms with Gasteiger partial charge < -0.3 is 14.5 Å². The van der Waals surface area contributed by atoms with Crippen LogP contribution in [0.25, 0.3) is 0 Å². The van der Waals surface area contributed by atoms with Crippen LogP contribution in [-0.4, -0.2) is 32.8 Å². The lowest BCUT2D eigenvalue weighted by molar-refractivity contribution is 0.0768. The first kappa shape index (κ1) is 29.2. The van der Waals surface area contributed by atoms with Crippen LogP contribution < -0.4 is 9.80 Å². The molecule has 0 aliphatic rings. The average molecular weight is 481 g/mol. The molecule has 0 amide bonds. The number of nitrogens with zero attached hydrogens (tertiary/aromatic N) is 2. The number of hydrogen-bond donors (Lipinski definition) is 0. The van der Waals surface area contributed by atoms with Gasteiger partial charge in [0.15, 0.2) is 0 Å². The summed E-state index contributed by atoms with van der Waals surface area (Å²) in [6.45, 7) is 16.5. The number of rotatable bonds is 19. The van der Waals surface area contributed by atoms with E-state index in [4.69, 9.17) is 4.74 Å². The molecule has 0 saturated carbocycles. The fraction of sp³-hybridized carbons (Fsp3) is 0.625. The molecule has 3 heteroatoms. The van der Waals surface area contributed by atoms with Crippen LogP contribution in [-0.2, 0) is 4.74 Å². The quantitative estimate of drug-likeness (QED) is 0.187. The van der Waals surface area contributed by atoms with E-state index in [1.807, 2.05) is 0 Å². The van der Waals surface area contributed by atoms with Crippen molar-refractivity contribution < 1.29 is 4.74 Å². The number of benzene rings is 2. The van der Waals surface area contributed by atoms with Crippen molar-refractivity contribution in [3.8, 4) is 0 Å². The van der Waals surface area contributed by atoms with E-state index in [9.17, 15) is 0 Å². The molecule has 3 nitrogen and oxygen atoms in total. The predicted molar refractivity (Wildman–Crippen MR) is 155 cm³/mol. The van der Waals surface area contributed by atoms with E-state index >= 15 is 0 Å². The number of anilines is 2. The second-order valence-electron chi connectivity index (χ2n) is 9.82. The highest BCUT2D eigenvalue weighted by atomic mass is 16.5. The molecule has 0 aliphatic carbocycles. The monoisotopic (exact) mass is 480 g/mol. The molecule has 0 spiro atoms. The third-order valence-electron chi connectivity index (χ3n) is 6.63. The van der Waals surface area contributed by atoms with E-state index < -0.39 is 0 Å². The van der Waals surface area contributed by atoms with Gasteiger partial charge in [0.2, 0.25) is 0 Å². The minimum atomic E-state index is -0.0131. The van der Waals surface area contributed by atoms with Gasteiger partial charge in [-0.15, -0.1) is 0 Å². The summed E-state index contributed by atoms with van der Waals surface area (Å²) in [7, 11) is 0. The van der Waals surface area contributed by atoms with Crippen molar-refractivity contribution in [2.75, 3.05) is 42.6 Å². The average Bonchev–Trinajstić information content (AvgIpc) is 2.88. The van der Waals surface area contributed by atoms with Gasteiger partial charge in [0.05, 0.1) is 0 Å². The number of ether oxygens (including phenoxy) is 1. The molecule has 0 unspecified atom stereocenters. The molecule has 0 atom stereocenters. The van der Waals surface area contributed by atoms with Gasteiger partial charge in [0.1, 0.15) is 6.10 Å². The van der Waals surface area contributed by atoms with E-state index in [0.717, 1.165) is 39.2 Å². The Bertz CT molecular complexity index is 700. The van der Waals surface area contributed by atoms with Crippen molar-refractivity contribution in [3.63, 3.8) is 0 Å². The zero-order chi connectivity index (χ0) is 25.3. The lowest BCUT2D eigenvalue weighted by Crippen LogP contribution is -2.25. The molecule has 196 valence electrons. The van der Waals surface area contributed by atoms with E-state index in [2.05, 4.69) is 92.9 Å². The smallest absolute Gasteiger partial charge is 0.108 e. The van der Waals surface area contributed by atoms with Crippen molar-refractivity contribution in [2.24, 2.45) is 0 Å². The van der Waals surface area contributed by atoms with E-state index in [-0.39, 0.29) is 6.10 Å². The van der Waals surface area contributed by atoms with Gasteiger partial charge in [-0.05, 0) is 67.5 Å². The maximum atomic E-state index is 6.56. The Morgan fingerprint density at radius 1 is 0.514 bits per heavy atom. The van der Waals surface area contributed by atoms with Crippen LogP contribution in [0.5, 0.6) is 0 Å². The van der Waals surface area contributed by atoms with Crippen LogP contribution in [0.2, 0.25) is 0 Å². The Kier molecular flexibility index (Phi) is 14.6. The minimum absolute atomic E-state index is 0.0131. The van der Waals surface area contributed by atoms with Crippen LogP contribution in [0.1, 0.15) is 110 Å². The highest BCUT2D eigenvalue weighted by Crippen LogP contribution is 2.30. The van der Waals surface area contributed by atoms with E-state index in [0.29, 0.717) is 0 Å². The SMILES string of the molecule is CCCCCCCOC(c1ccc(N(CCC)CCC)cc1)c1ccc(N(CCC)CCC)cc1. The minimum Gasteiger partial charge on any atom is -0.372 e. The summed E-state index contributed by atoms with van der Waals surface area (Å²) in [6, 6.07) is 18.3. The second-order valence-corrected chi connectivity index (χ2v) is 9.82. The Labute approximate surface area is 216 Å². The summed E-state index contributed by atoms with van der Waals surface area (Å²) in [6.07, 6.45) is 11.0. The molecule has 2 aromatic rings. The molecule has 0 saturated heterocycles. The molecule has 0 fully saturated rings. The molecule has 0 aliphatic heterocycles. The normalized spacial score (nSPS) is 11.3. The van der Waals surface area contributed by atoms with Crippen molar-refractivity contribution >= 4 is 11.4 Å². The zero-order valence-corrected chi connectivity index (χ0v) is 23.4. The number of hydrogen-bond acceptors (Lipinski definition) is 3. The van der Waals surface area contributed by atoms with Crippen LogP contribution >= 0.6 is 0 Å². The van der Waals surface area contributed by atoms with Crippen LogP contribution in [0, 0.1) is 0 Å². The molecule has 0 radical (unpaired) electrons. The van der Waals surface area contributed by atoms with Gasteiger partial charge in [-0.2, -0.15) is 0 Å². The summed E-state index contributed by atoms with van der Waals surface area (Å²) in [5, 5.41) is 0. The van der Waals surface area contributed by atoms with Gasteiger partial charge >= 0.3 is 0 Å². The van der Waals surface area contributed by atoms with Crippen molar-refractivity contribution in [2.45, 2.75) is 98.5 Å². The zero-order valence-electron chi connectivity index (χ0n) is 23.4. The molecule has 0 heterocycles. The largest absolute Gasteiger partial charge is 0.372 e. The van der Waals surface area contributed by atoms with Gasteiger partial charge in [0.25, 0.3) is 0 Å². The van der Waals surface area contributed by atoms with Gasteiger partial charge in [0, 0.05) is 44.2 Å². The van der Waals surface area contributed by atoms with Crippen molar-refractivity contribution in [1.82, 2.24) is 0 Å². The molecule has 2 rings (SSSR count). The standard InChI is InChI=1S/C32H52N2O/c1-6-11-12-13-14-27-35-32(28-15-19-30(20-16-28)33(23-7-2)24-8-3)29-17-21-31(22-18-29)34(25-9-4)26-10-5/h15-22,32H,6-14,23-27H2,1-5H3. The Balaban J connectivity index is 2.21. The summed E-state index contributed by atoms with van der Waals surface area (Å²) < 4.78 is 6.56. The summed E-state index contributed by atoms with van der Waals surface area (Å²) in [4.78, 5) is 5.00. The molecule has 0 aromatic heterocycles. The maximum Gasteiger partial charge on any atom is 0.108 e. The Morgan fingerprint density at radius 3 is 1.29 bits per heavy atom. The molecule has 0 bridgehead atoms. The van der Waals surface area contributed by atoms with Gasteiger partial charge in [-0.1, -0.05) is 84.6 Å². The first-order chi connectivity index (χ1) is 17.2. The van der Waals surface area contributed by atoms with Crippen molar-refractivity contribution in [3.05, 3.63) is 59.7 Å². The molecule has 0 N–H and O–H groups in total. The summed E-state index contributed by atoms with van der Waals surface area (Å²) in [5.74, 6) is 0. The van der Waals surface area contributed by atoms with Gasteiger partial charge in [-0.3, -0.25) is 0 Å². The second kappa shape index (κ2) is 17.4. The third-order valence-corrected chi connectivity index (χ3v) is 6.63. The lowest BCUT2D eigenvalue weighted by Gasteiger charge is -2.26. The summed E-state index contributed by atoms with van der Waals surface area (Å²) >= 11 is 0. The Hall–Kier alpha value is -2.00. The molecule has 35 heavy (non-hydrogen) atoms. The maximum absolute atomic E-state index is 6.56.